The Morgan fingerprint density at radius 2 is 1.00 bits per heavy atom. The van der Waals surface area contributed by atoms with Crippen molar-refractivity contribution < 1.29 is 36.7 Å². The molecule has 0 aromatic heterocycles. The van der Waals surface area contributed by atoms with Gasteiger partial charge in [0.2, 0.25) is 0 Å². The van der Waals surface area contributed by atoms with Crippen LogP contribution in [0.1, 0.15) is 19.3 Å². The number of epoxide rings is 3. The highest BCUT2D eigenvalue weighted by Crippen LogP contribution is 2.30. The van der Waals surface area contributed by atoms with Gasteiger partial charge in [-0.3, -0.25) is 0 Å². The third-order valence-corrected chi connectivity index (χ3v) is 19.5. The van der Waals surface area contributed by atoms with Gasteiger partial charge < -0.3 is 36.7 Å². The summed E-state index contributed by atoms with van der Waals surface area (Å²) in [4.78, 5) is 0. The van der Waals surface area contributed by atoms with Gasteiger partial charge in [0.25, 0.3) is 0 Å². The second-order valence-corrected chi connectivity index (χ2v) is 24.5. The summed E-state index contributed by atoms with van der Waals surface area (Å²) >= 11 is 0. The largest absolute Gasteiger partial charge is 0.433 e. The zero-order valence-electron chi connectivity index (χ0n) is 24.5. The summed E-state index contributed by atoms with van der Waals surface area (Å²) in [5, 5.41) is 1.24. The SMILES string of the molecule is C[Si](C)(CCCOC[C@@H]1CO1)O[Si](CCCOC[C@@H]1CO1)(O[Si](C)(C)CCCOC[C@H]1CO1)c1ccccc1. The molecule has 3 aliphatic heterocycles. The Balaban J connectivity index is 1.40. The predicted octanol–water partition coefficient (Wildman–Crippen LogP) is 4.20. The highest BCUT2D eigenvalue weighted by Gasteiger charge is 2.48. The first kappa shape index (κ1) is 31.5. The van der Waals surface area contributed by atoms with E-state index >= 15 is 0 Å². The van der Waals surface area contributed by atoms with Gasteiger partial charge in [0, 0.05) is 19.8 Å². The fraction of sp³-hybridized carbons (Fsp3) is 0.786. The van der Waals surface area contributed by atoms with Crippen LogP contribution in [0.5, 0.6) is 0 Å². The monoisotopic (exact) mass is 598 g/mol. The summed E-state index contributed by atoms with van der Waals surface area (Å²) in [6, 6.07) is 13.7. The number of hydrogen-bond acceptors (Lipinski definition) is 8. The van der Waals surface area contributed by atoms with Crippen LogP contribution in [-0.2, 0) is 36.7 Å². The van der Waals surface area contributed by atoms with E-state index in [1.165, 1.54) is 5.19 Å². The van der Waals surface area contributed by atoms with E-state index in [9.17, 15) is 0 Å². The van der Waals surface area contributed by atoms with Crippen LogP contribution in [0.3, 0.4) is 0 Å². The summed E-state index contributed by atoms with van der Waals surface area (Å²) in [6.07, 6.45) is 3.82. The molecule has 4 atom stereocenters. The van der Waals surface area contributed by atoms with Gasteiger partial charge in [-0.1, -0.05) is 30.3 Å². The van der Waals surface area contributed by atoms with Crippen molar-refractivity contribution >= 4 is 30.4 Å². The van der Waals surface area contributed by atoms with Gasteiger partial charge in [-0.25, -0.2) is 0 Å². The van der Waals surface area contributed by atoms with E-state index in [-0.39, 0.29) is 6.10 Å². The van der Waals surface area contributed by atoms with E-state index in [0.717, 1.165) is 70.4 Å². The van der Waals surface area contributed by atoms with Crippen molar-refractivity contribution in [3.05, 3.63) is 30.3 Å². The van der Waals surface area contributed by atoms with E-state index in [0.29, 0.717) is 38.6 Å². The molecule has 0 amide bonds. The Labute approximate surface area is 238 Å². The fourth-order valence-corrected chi connectivity index (χ4v) is 18.7. The maximum atomic E-state index is 7.38. The second kappa shape index (κ2) is 15.1. The van der Waals surface area contributed by atoms with Gasteiger partial charge in [0.15, 0.2) is 16.6 Å². The Morgan fingerprint density at radius 3 is 1.38 bits per heavy atom. The molecule has 0 radical (unpaired) electrons. The molecule has 3 fully saturated rings. The summed E-state index contributed by atoms with van der Waals surface area (Å²) in [7, 11) is -6.89. The van der Waals surface area contributed by atoms with E-state index < -0.39 is 25.2 Å². The van der Waals surface area contributed by atoms with Crippen molar-refractivity contribution in [2.24, 2.45) is 0 Å². The zero-order valence-corrected chi connectivity index (χ0v) is 27.5. The van der Waals surface area contributed by atoms with Crippen LogP contribution in [0.2, 0.25) is 44.3 Å². The maximum absolute atomic E-state index is 7.38. The predicted molar refractivity (Wildman–Crippen MR) is 159 cm³/mol. The smallest absolute Gasteiger partial charge is 0.352 e. The first-order valence-electron chi connectivity index (χ1n) is 14.8. The third-order valence-electron chi connectivity index (χ3n) is 7.14. The Morgan fingerprint density at radius 1 is 0.615 bits per heavy atom. The van der Waals surface area contributed by atoms with Gasteiger partial charge >= 0.3 is 8.56 Å². The molecule has 0 saturated carbocycles. The summed E-state index contributed by atoms with van der Waals surface area (Å²) < 4.78 is 48.2. The normalized spacial score (nSPS) is 23.9. The molecule has 39 heavy (non-hydrogen) atoms. The molecule has 1 aromatic rings. The van der Waals surface area contributed by atoms with Crippen molar-refractivity contribution in [3.63, 3.8) is 0 Å². The molecule has 1 aromatic carbocycles. The number of rotatable bonds is 23. The summed E-state index contributed by atoms with van der Waals surface area (Å²) in [5.41, 5.74) is 0. The van der Waals surface area contributed by atoms with Crippen molar-refractivity contribution in [1.29, 1.82) is 0 Å². The lowest BCUT2D eigenvalue weighted by atomic mass is 10.4. The van der Waals surface area contributed by atoms with Crippen molar-refractivity contribution in [1.82, 2.24) is 0 Å². The van der Waals surface area contributed by atoms with Crippen LogP contribution in [0.25, 0.3) is 0 Å². The minimum Gasteiger partial charge on any atom is -0.433 e. The maximum Gasteiger partial charge on any atom is 0.352 e. The zero-order chi connectivity index (χ0) is 27.6. The lowest BCUT2D eigenvalue weighted by Gasteiger charge is -2.43. The van der Waals surface area contributed by atoms with Gasteiger partial charge in [-0.2, -0.15) is 0 Å². The first-order chi connectivity index (χ1) is 18.8. The molecule has 0 spiro atoms. The van der Waals surface area contributed by atoms with Crippen LogP contribution in [-0.4, -0.2) is 103 Å². The minimum absolute atomic E-state index is 0.286. The second-order valence-electron chi connectivity index (χ2n) is 12.2. The van der Waals surface area contributed by atoms with Crippen LogP contribution in [0.4, 0.5) is 0 Å². The van der Waals surface area contributed by atoms with E-state index in [4.69, 9.17) is 36.7 Å². The molecule has 3 saturated heterocycles. The van der Waals surface area contributed by atoms with Crippen molar-refractivity contribution in [2.45, 2.75) is 81.9 Å². The number of ether oxygens (including phenoxy) is 6. The molecule has 4 rings (SSSR count). The molecule has 0 aliphatic carbocycles. The van der Waals surface area contributed by atoms with Crippen LogP contribution >= 0.6 is 0 Å². The molecular formula is C28H50O8Si3. The van der Waals surface area contributed by atoms with Crippen molar-refractivity contribution in [3.8, 4) is 0 Å². The van der Waals surface area contributed by atoms with E-state index in [1.54, 1.807) is 0 Å². The lowest BCUT2D eigenvalue weighted by Crippen LogP contribution is -2.63. The number of hydrogen-bond donors (Lipinski definition) is 0. The Bertz CT molecular complexity index is 795. The highest BCUT2D eigenvalue weighted by atomic mass is 28.5. The van der Waals surface area contributed by atoms with E-state index in [1.807, 2.05) is 0 Å². The summed E-state index contributed by atoms with van der Waals surface area (Å²) in [6.45, 7) is 16.2. The lowest BCUT2D eigenvalue weighted by molar-refractivity contribution is 0.115. The van der Waals surface area contributed by atoms with Crippen LogP contribution < -0.4 is 5.19 Å². The van der Waals surface area contributed by atoms with Crippen molar-refractivity contribution in [2.75, 3.05) is 59.5 Å². The average molecular weight is 599 g/mol. The molecule has 222 valence electrons. The first-order valence-corrected chi connectivity index (χ1v) is 23.0. The van der Waals surface area contributed by atoms with Crippen LogP contribution in [0.15, 0.2) is 30.3 Å². The Hall–Kier alpha value is -0.449. The highest BCUT2D eigenvalue weighted by molar-refractivity contribution is 6.95. The van der Waals surface area contributed by atoms with Gasteiger partial charge in [-0.05, 0) is 68.8 Å². The minimum atomic E-state index is -2.77. The molecule has 11 heteroatoms. The number of benzene rings is 1. The molecular weight excluding hydrogens is 549 g/mol. The Kier molecular flexibility index (Phi) is 12.2. The molecule has 3 heterocycles. The van der Waals surface area contributed by atoms with E-state index in [2.05, 4.69) is 56.5 Å². The molecule has 1 unspecified atom stereocenters. The fourth-order valence-electron chi connectivity index (χ4n) is 4.82. The van der Waals surface area contributed by atoms with Gasteiger partial charge in [0.05, 0.1) is 39.6 Å². The topological polar surface area (TPSA) is 83.7 Å². The standard InChI is InChI=1S/C28H50O8Si3/c1-37(2,16-8-13-29-19-25-22-32-25)35-39(28-11-6-5-7-12-28,18-10-15-31-21-27-24-34-27)36-38(3,4)17-9-14-30-20-26-23-33-26/h5-7,11-12,25-27H,8-10,13-24H2,1-4H3/t25-,26+,27-,39?/m1/s1. The molecule has 0 bridgehead atoms. The molecule has 8 nitrogen and oxygen atoms in total. The molecule has 3 aliphatic rings. The average Bonchev–Trinajstić information content (AvgIpc) is 3.73. The quantitative estimate of drug-likeness (QED) is 0.105. The van der Waals surface area contributed by atoms with Gasteiger partial charge in [0.1, 0.15) is 18.3 Å². The van der Waals surface area contributed by atoms with Crippen LogP contribution in [0, 0.1) is 0 Å². The third kappa shape index (κ3) is 12.5. The molecule has 0 N–H and O–H groups in total. The summed E-state index contributed by atoms with van der Waals surface area (Å²) in [5.74, 6) is 0. The van der Waals surface area contributed by atoms with Gasteiger partial charge in [-0.15, -0.1) is 0 Å².